The number of aromatic nitrogens is 3. The molecule has 3 heterocycles. The maximum Gasteiger partial charge on any atom is 0.341 e. The van der Waals surface area contributed by atoms with Crippen molar-refractivity contribution >= 4 is 5.97 Å². The van der Waals surface area contributed by atoms with Crippen LogP contribution < -0.4 is 0 Å². The molecule has 3 atom stereocenters. The van der Waals surface area contributed by atoms with Gasteiger partial charge in [-0.1, -0.05) is 13.8 Å². The lowest BCUT2D eigenvalue weighted by atomic mass is 9.57. The summed E-state index contributed by atoms with van der Waals surface area (Å²) in [6.45, 7) is 6.92. The van der Waals surface area contributed by atoms with E-state index in [9.17, 15) is 4.79 Å². The molecule has 1 aliphatic heterocycles. The van der Waals surface area contributed by atoms with Crippen molar-refractivity contribution in [2.75, 3.05) is 6.61 Å². The maximum absolute atomic E-state index is 12.7. The number of rotatable bonds is 3. The highest BCUT2D eigenvalue weighted by Gasteiger charge is 2.60. The van der Waals surface area contributed by atoms with Crippen LogP contribution in [0.4, 0.5) is 0 Å². The van der Waals surface area contributed by atoms with E-state index in [1.807, 2.05) is 19.1 Å². The molecule has 25 heavy (non-hydrogen) atoms. The van der Waals surface area contributed by atoms with E-state index in [1.54, 1.807) is 23.3 Å². The summed E-state index contributed by atoms with van der Waals surface area (Å²) in [7, 11) is 0. The molecule has 0 amide bonds. The molecule has 0 spiro atoms. The Morgan fingerprint density at radius 3 is 2.88 bits per heavy atom. The molecule has 2 aromatic rings. The zero-order chi connectivity index (χ0) is 17.6. The Hall–Kier alpha value is -2.21. The first-order chi connectivity index (χ1) is 12.0. The summed E-state index contributed by atoms with van der Waals surface area (Å²) in [4.78, 5) is 16.8. The van der Waals surface area contributed by atoms with E-state index in [1.165, 1.54) is 0 Å². The summed E-state index contributed by atoms with van der Waals surface area (Å²) < 4.78 is 13.5. The summed E-state index contributed by atoms with van der Waals surface area (Å²) in [6.07, 6.45) is 7.17. The van der Waals surface area contributed by atoms with Gasteiger partial charge in [-0.05, 0) is 31.9 Å². The monoisotopic (exact) mass is 341 g/mol. The van der Waals surface area contributed by atoms with Crippen LogP contribution in [-0.2, 0) is 9.47 Å². The SMILES string of the molecule is Cc1c(C(=O)O[C@@H]2[C@H]3CCCO[C@@H]3C2(C)C)cnn1-c1ccncc1. The van der Waals surface area contributed by atoms with Crippen LogP contribution in [0.15, 0.2) is 30.7 Å². The van der Waals surface area contributed by atoms with Gasteiger partial charge in [0.05, 0.1) is 23.7 Å². The van der Waals surface area contributed by atoms with Crippen molar-refractivity contribution in [3.63, 3.8) is 0 Å². The fourth-order valence-corrected chi connectivity index (χ4v) is 4.25. The topological polar surface area (TPSA) is 66.2 Å². The van der Waals surface area contributed by atoms with E-state index in [4.69, 9.17) is 9.47 Å². The van der Waals surface area contributed by atoms with E-state index >= 15 is 0 Å². The van der Waals surface area contributed by atoms with Gasteiger partial charge >= 0.3 is 5.97 Å². The molecule has 4 rings (SSSR count). The third-order valence-corrected chi connectivity index (χ3v) is 5.59. The number of carbonyl (C=O) groups excluding carboxylic acids is 1. The maximum atomic E-state index is 12.7. The minimum absolute atomic E-state index is 0.103. The third-order valence-electron chi connectivity index (χ3n) is 5.59. The van der Waals surface area contributed by atoms with E-state index < -0.39 is 0 Å². The van der Waals surface area contributed by atoms with Crippen LogP contribution >= 0.6 is 0 Å². The second-order valence-electron chi connectivity index (χ2n) is 7.51. The van der Waals surface area contributed by atoms with Crippen LogP contribution in [0.5, 0.6) is 0 Å². The van der Waals surface area contributed by atoms with Crippen LogP contribution in [-0.4, -0.2) is 39.5 Å². The van der Waals surface area contributed by atoms with Crippen LogP contribution in [0, 0.1) is 18.3 Å². The lowest BCUT2D eigenvalue weighted by Gasteiger charge is -2.58. The molecular formula is C19H23N3O3. The summed E-state index contributed by atoms with van der Waals surface area (Å²) in [6, 6.07) is 3.71. The minimum atomic E-state index is -0.306. The Kier molecular flexibility index (Phi) is 3.87. The second-order valence-corrected chi connectivity index (χ2v) is 7.51. The number of fused-ring (bicyclic) bond motifs is 1. The predicted octanol–water partition coefficient (Wildman–Crippen LogP) is 2.94. The molecule has 0 aromatic carbocycles. The van der Waals surface area contributed by atoms with Crippen molar-refractivity contribution in [1.29, 1.82) is 0 Å². The Morgan fingerprint density at radius 2 is 2.12 bits per heavy atom. The molecule has 0 unspecified atom stereocenters. The van der Waals surface area contributed by atoms with Crippen molar-refractivity contribution in [1.82, 2.24) is 14.8 Å². The zero-order valence-corrected chi connectivity index (χ0v) is 14.8. The van der Waals surface area contributed by atoms with Gasteiger partial charge in [0, 0.05) is 30.3 Å². The van der Waals surface area contributed by atoms with E-state index in [0.717, 1.165) is 30.8 Å². The quantitative estimate of drug-likeness (QED) is 0.803. The molecule has 0 bridgehead atoms. The molecule has 1 saturated carbocycles. The molecule has 2 aliphatic rings. The average molecular weight is 341 g/mol. The van der Waals surface area contributed by atoms with Gasteiger partial charge in [-0.15, -0.1) is 0 Å². The van der Waals surface area contributed by atoms with E-state index in [-0.39, 0.29) is 23.6 Å². The lowest BCUT2D eigenvalue weighted by molar-refractivity contribution is -0.243. The molecule has 6 heteroatoms. The summed E-state index contributed by atoms with van der Waals surface area (Å²) >= 11 is 0. The lowest BCUT2D eigenvalue weighted by Crippen LogP contribution is -2.65. The van der Waals surface area contributed by atoms with Crippen LogP contribution in [0.1, 0.15) is 42.7 Å². The van der Waals surface area contributed by atoms with Crippen molar-refractivity contribution in [3.05, 3.63) is 42.0 Å². The first-order valence-corrected chi connectivity index (χ1v) is 8.78. The first-order valence-electron chi connectivity index (χ1n) is 8.78. The van der Waals surface area contributed by atoms with Gasteiger partial charge in [-0.3, -0.25) is 4.98 Å². The Bertz CT molecular complexity index is 784. The van der Waals surface area contributed by atoms with Gasteiger partial charge < -0.3 is 9.47 Å². The van der Waals surface area contributed by atoms with Crippen molar-refractivity contribution in [2.45, 2.75) is 45.8 Å². The zero-order valence-electron chi connectivity index (χ0n) is 14.8. The van der Waals surface area contributed by atoms with Gasteiger partial charge in [0.1, 0.15) is 11.7 Å². The molecule has 2 fully saturated rings. The molecule has 2 aromatic heterocycles. The Labute approximate surface area is 147 Å². The fraction of sp³-hybridized carbons (Fsp3) is 0.526. The summed E-state index contributed by atoms with van der Waals surface area (Å²) in [5.74, 6) is 0.00292. The van der Waals surface area contributed by atoms with Gasteiger partial charge in [-0.25, -0.2) is 9.48 Å². The third kappa shape index (κ3) is 2.56. The molecular weight excluding hydrogens is 318 g/mol. The number of esters is 1. The molecule has 132 valence electrons. The predicted molar refractivity (Wildman–Crippen MR) is 91.5 cm³/mol. The minimum Gasteiger partial charge on any atom is -0.458 e. The van der Waals surface area contributed by atoms with Crippen LogP contribution in [0.25, 0.3) is 5.69 Å². The standard InChI is InChI=1S/C19H23N3O3/c1-12-15(11-21-22(12)13-6-8-20-9-7-13)18(23)25-17-14-5-4-10-24-16(14)19(17,2)3/h6-9,11,14,16-17H,4-5,10H2,1-3H3/t14-,16-,17+/m0/s1. The Morgan fingerprint density at radius 1 is 1.36 bits per heavy atom. The molecule has 0 N–H and O–H groups in total. The van der Waals surface area contributed by atoms with Crippen molar-refractivity contribution < 1.29 is 14.3 Å². The number of nitrogens with zero attached hydrogens (tertiary/aromatic N) is 3. The summed E-state index contributed by atoms with van der Waals surface area (Å²) in [5, 5.41) is 4.34. The number of hydrogen-bond acceptors (Lipinski definition) is 5. The van der Waals surface area contributed by atoms with Crippen LogP contribution in [0.3, 0.4) is 0 Å². The first kappa shape index (κ1) is 16.3. The molecule has 0 radical (unpaired) electrons. The number of ether oxygens (including phenoxy) is 2. The van der Waals surface area contributed by atoms with Gasteiger partial charge in [-0.2, -0.15) is 5.10 Å². The number of hydrogen-bond donors (Lipinski definition) is 0. The average Bonchev–Trinajstić information content (AvgIpc) is 3.02. The normalized spacial score (nSPS) is 27.2. The number of pyridine rings is 1. The van der Waals surface area contributed by atoms with E-state index in [0.29, 0.717) is 11.5 Å². The second kappa shape index (κ2) is 5.95. The smallest absolute Gasteiger partial charge is 0.341 e. The number of carbonyl (C=O) groups is 1. The molecule has 6 nitrogen and oxygen atoms in total. The van der Waals surface area contributed by atoms with Gasteiger partial charge in [0.15, 0.2) is 0 Å². The highest BCUT2D eigenvalue weighted by Crippen LogP contribution is 2.53. The molecule has 1 aliphatic carbocycles. The van der Waals surface area contributed by atoms with Crippen molar-refractivity contribution in [2.24, 2.45) is 11.3 Å². The van der Waals surface area contributed by atoms with Gasteiger partial charge in [0.25, 0.3) is 0 Å². The van der Waals surface area contributed by atoms with Crippen molar-refractivity contribution in [3.8, 4) is 5.69 Å². The van der Waals surface area contributed by atoms with Gasteiger partial charge in [0.2, 0.25) is 0 Å². The highest BCUT2D eigenvalue weighted by molar-refractivity contribution is 5.90. The Balaban J connectivity index is 1.53. The van der Waals surface area contributed by atoms with E-state index in [2.05, 4.69) is 23.9 Å². The van der Waals surface area contributed by atoms with Crippen LogP contribution in [0.2, 0.25) is 0 Å². The highest BCUT2D eigenvalue weighted by atomic mass is 16.6. The fourth-order valence-electron chi connectivity index (χ4n) is 4.25. The largest absolute Gasteiger partial charge is 0.458 e. The molecule has 1 saturated heterocycles. The summed E-state index contributed by atoms with van der Waals surface area (Å²) in [5.41, 5.74) is 2.00.